The quantitative estimate of drug-likeness (QED) is 0.427. The molecule has 2 amide bonds. The number of ether oxygens (including phenoxy) is 1. The van der Waals surface area contributed by atoms with Crippen LogP contribution >= 0.6 is 0 Å². The van der Waals surface area contributed by atoms with E-state index in [1.165, 1.54) is 25.9 Å². The molecule has 3 aromatic rings. The van der Waals surface area contributed by atoms with Crippen LogP contribution in [0.3, 0.4) is 0 Å². The second kappa shape index (κ2) is 13.1. The number of hydrogen-bond donors (Lipinski definition) is 1. The molecule has 0 spiro atoms. The van der Waals surface area contributed by atoms with Crippen molar-refractivity contribution in [3.8, 4) is 5.75 Å². The van der Waals surface area contributed by atoms with E-state index < -0.39 is 12.1 Å². The van der Waals surface area contributed by atoms with Gasteiger partial charge in [-0.1, -0.05) is 66.7 Å². The Kier molecular flexibility index (Phi) is 8.87. The van der Waals surface area contributed by atoms with Gasteiger partial charge in [-0.2, -0.15) is 0 Å². The minimum Gasteiger partial charge on any atom is -0.489 e. The van der Waals surface area contributed by atoms with Gasteiger partial charge in [-0.15, -0.1) is 0 Å². The number of amides is 2. The largest absolute Gasteiger partial charge is 0.489 e. The van der Waals surface area contributed by atoms with Crippen LogP contribution in [0.2, 0.25) is 0 Å². The highest BCUT2D eigenvalue weighted by Gasteiger charge is 2.41. The standard InChI is InChI=1S/C35H42N4O3/c1-36-32(27-12-6-3-7-13-27)34(40)39-23-16-28-24-30(42-25-26-10-4-2-5-11-26)14-15-31(28)33(39)35(41)38-21-17-29(18-22-38)37-19-8-9-20-37/h2-7,10-15,24,29,32-33,36H,8-9,16-23,25H2,1H3. The first-order chi connectivity index (χ1) is 20.6. The van der Waals surface area contributed by atoms with Crippen LogP contribution in [0.25, 0.3) is 0 Å². The first-order valence-electron chi connectivity index (χ1n) is 15.5. The average Bonchev–Trinajstić information content (AvgIpc) is 3.59. The maximum Gasteiger partial charge on any atom is 0.250 e. The molecule has 0 aromatic heterocycles. The molecule has 3 aliphatic heterocycles. The van der Waals surface area contributed by atoms with E-state index in [-0.39, 0.29) is 11.8 Å². The zero-order chi connectivity index (χ0) is 28.9. The van der Waals surface area contributed by atoms with Crippen LogP contribution < -0.4 is 10.1 Å². The van der Waals surface area contributed by atoms with Gasteiger partial charge in [-0.3, -0.25) is 9.59 Å². The Labute approximate surface area is 249 Å². The SMILES string of the molecule is CNC(C(=O)N1CCc2cc(OCc3ccccc3)ccc2C1C(=O)N1CCC(N2CCCC2)CC1)c1ccccc1. The Morgan fingerprint density at radius 1 is 0.881 bits per heavy atom. The zero-order valence-corrected chi connectivity index (χ0v) is 24.6. The van der Waals surface area contributed by atoms with Crippen LogP contribution in [0.5, 0.6) is 5.75 Å². The van der Waals surface area contributed by atoms with Crippen molar-refractivity contribution in [2.45, 2.75) is 56.8 Å². The monoisotopic (exact) mass is 566 g/mol. The molecule has 220 valence electrons. The summed E-state index contributed by atoms with van der Waals surface area (Å²) in [5.41, 5.74) is 4.00. The average molecular weight is 567 g/mol. The van der Waals surface area contributed by atoms with Crippen LogP contribution in [0.15, 0.2) is 78.9 Å². The fourth-order valence-electron chi connectivity index (χ4n) is 6.91. The number of benzene rings is 3. The minimum absolute atomic E-state index is 0.0324. The van der Waals surface area contributed by atoms with Crippen LogP contribution in [-0.4, -0.2) is 72.3 Å². The minimum atomic E-state index is -0.646. The number of nitrogens with one attached hydrogen (secondary N) is 1. The van der Waals surface area contributed by atoms with Gasteiger partial charge in [0.25, 0.3) is 0 Å². The van der Waals surface area contributed by atoms with Gasteiger partial charge in [0.05, 0.1) is 0 Å². The molecule has 3 aromatic carbocycles. The first-order valence-corrected chi connectivity index (χ1v) is 15.5. The molecule has 2 fully saturated rings. The predicted octanol–water partition coefficient (Wildman–Crippen LogP) is 4.74. The third kappa shape index (κ3) is 6.08. The smallest absolute Gasteiger partial charge is 0.250 e. The van der Waals surface area contributed by atoms with E-state index in [0.717, 1.165) is 53.9 Å². The zero-order valence-electron chi connectivity index (χ0n) is 24.6. The molecular weight excluding hydrogens is 524 g/mol. The second-order valence-electron chi connectivity index (χ2n) is 11.8. The maximum atomic E-state index is 14.4. The molecule has 0 saturated carbocycles. The van der Waals surface area contributed by atoms with Crippen molar-refractivity contribution >= 4 is 11.8 Å². The molecule has 0 radical (unpaired) electrons. The molecule has 0 bridgehead atoms. The summed E-state index contributed by atoms with van der Waals surface area (Å²) >= 11 is 0. The van der Waals surface area contributed by atoms with Gasteiger partial charge in [0, 0.05) is 25.7 Å². The summed E-state index contributed by atoms with van der Waals surface area (Å²) < 4.78 is 6.13. The van der Waals surface area contributed by atoms with Gasteiger partial charge in [-0.25, -0.2) is 0 Å². The van der Waals surface area contributed by atoms with Crippen molar-refractivity contribution in [1.29, 1.82) is 0 Å². The molecule has 0 aliphatic carbocycles. The van der Waals surface area contributed by atoms with Crippen molar-refractivity contribution in [1.82, 2.24) is 20.0 Å². The van der Waals surface area contributed by atoms with E-state index in [0.29, 0.717) is 25.6 Å². The van der Waals surface area contributed by atoms with Crippen LogP contribution in [0.4, 0.5) is 0 Å². The fraction of sp³-hybridized carbons (Fsp3) is 0.429. The third-order valence-electron chi connectivity index (χ3n) is 9.21. The Hall–Kier alpha value is -3.68. The normalized spacial score (nSPS) is 20.3. The van der Waals surface area contributed by atoms with E-state index in [9.17, 15) is 9.59 Å². The Bertz CT molecular complexity index is 1350. The van der Waals surface area contributed by atoms with Crippen molar-refractivity contribution < 1.29 is 14.3 Å². The number of fused-ring (bicyclic) bond motifs is 1. The van der Waals surface area contributed by atoms with Crippen molar-refractivity contribution in [3.05, 3.63) is 101 Å². The van der Waals surface area contributed by atoms with Gasteiger partial charge >= 0.3 is 0 Å². The molecule has 1 N–H and O–H groups in total. The topological polar surface area (TPSA) is 65.1 Å². The van der Waals surface area contributed by atoms with Crippen molar-refractivity contribution in [2.24, 2.45) is 0 Å². The second-order valence-corrected chi connectivity index (χ2v) is 11.8. The highest BCUT2D eigenvalue weighted by atomic mass is 16.5. The van der Waals surface area contributed by atoms with E-state index in [2.05, 4.69) is 28.4 Å². The molecule has 7 nitrogen and oxygen atoms in total. The third-order valence-corrected chi connectivity index (χ3v) is 9.21. The summed E-state index contributed by atoms with van der Waals surface area (Å²) in [5.74, 6) is 0.751. The number of carbonyl (C=O) groups excluding carboxylic acids is 2. The number of likely N-dealkylation sites (N-methyl/N-ethyl adjacent to an activating group) is 1. The number of piperidine rings is 1. The van der Waals surface area contributed by atoms with Gasteiger partial charge in [0.2, 0.25) is 11.8 Å². The van der Waals surface area contributed by atoms with E-state index in [4.69, 9.17) is 4.74 Å². The van der Waals surface area contributed by atoms with E-state index in [1.807, 2.05) is 77.5 Å². The Morgan fingerprint density at radius 2 is 1.57 bits per heavy atom. The number of nitrogens with zero attached hydrogens (tertiary/aromatic N) is 3. The van der Waals surface area contributed by atoms with Gasteiger partial charge in [0.1, 0.15) is 24.4 Å². The van der Waals surface area contributed by atoms with Gasteiger partial charge < -0.3 is 24.8 Å². The summed E-state index contributed by atoms with van der Waals surface area (Å²) in [5, 5.41) is 3.22. The van der Waals surface area contributed by atoms with E-state index in [1.54, 1.807) is 0 Å². The molecule has 2 saturated heterocycles. The molecule has 6 rings (SSSR count). The molecular formula is C35H42N4O3. The lowest BCUT2D eigenvalue weighted by Gasteiger charge is -2.43. The lowest BCUT2D eigenvalue weighted by Crippen LogP contribution is -2.53. The number of hydrogen-bond acceptors (Lipinski definition) is 5. The number of carbonyl (C=O) groups is 2. The number of rotatable bonds is 8. The van der Waals surface area contributed by atoms with Gasteiger partial charge in [-0.05, 0) is 86.6 Å². The van der Waals surface area contributed by atoms with Crippen LogP contribution in [-0.2, 0) is 22.6 Å². The number of likely N-dealkylation sites (tertiary alicyclic amines) is 2. The van der Waals surface area contributed by atoms with Crippen LogP contribution in [0.1, 0.15) is 60.0 Å². The molecule has 2 atom stereocenters. The summed E-state index contributed by atoms with van der Waals surface area (Å²) in [6, 6.07) is 25.3. The molecule has 42 heavy (non-hydrogen) atoms. The summed E-state index contributed by atoms with van der Waals surface area (Å²) in [6.45, 7) is 4.80. The van der Waals surface area contributed by atoms with Crippen molar-refractivity contribution in [2.75, 3.05) is 39.8 Å². The lowest BCUT2D eigenvalue weighted by atomic mass is 9.89. The summed E-state index contributed by atoms with van der Waals surface area (Å²) in [4.78, 5) is 34.9. The van der Waals surface area contributed by atoms with E-state index >= 15 is 0 Å². The fourth-order valence-corrected chi connectivity index (χ4v) is 6.91. The first kappa shape index (κ1) is 28.4. The Morgan fingerprint density at radius 3 is 2.26 bits per heavy atom. The molecule has 3 aliphatic rings. The summed E-state index contributed by atoms with van der Waals surface area (Å²) in [6.07, 6.45) is 5.22. The lowest BCUT2D eigenvalue weighted by molar-refractivity contribution is -0.149. The summed E-state index contributed by atoms with van der Waals surface area (Å²) in [7, 11) is 1.81. The molecule has 7 heteroatoms. The Balaban J connectivity index is 1.25. The van der Waals surface area contributed by atoms with Crippen molar-refractivity contribution in [3.63, 3.8) is 0 Å². The van der Waals surface area contributed by atoms with Gasteiger partial charge in [0.15, 0.2) is 0 Å². The molecule has 2 unspecified atom stereocenters. The highest BCUT2D eigenvalue weighted by Crippen LogP contribution is 2.36. The molecule has 3 heterocycles. The maximum absolute atomic E-state index is 14.4. The highest BCUT2D eigenvalue weighted by molar-refractivity contribution is 5.92. The van der Waals surface area contributed by atoms with Crippen LogP contribution in [0, 0.1) is 0 Å². The predicted molar refractivity (Wildman–Crippen MR) is 164 cm³/mol.